The van der Waals surface area contributed by atoms with Crippen LogP contribution in [0, 0.1) is 5.82 Å². The van der Waals surface area contributed by atoms with E-state index in [-0.39, 0.29) is 5.69 Å². The molecule has 7 heteroatoms. The molecule has 1 aromatic carbocycles. The number of rotatable bonds is 3. The van der Waals surface area contributed by atoms with E-state index in [1.165, 1.54) is 33.0 Å². The number of nitrogens with one attached hydrogen (secondary N) is 1. The third-order valence-corrected chi connectivity index (χ3v) is 3.33. The van der Waals surface area contributed by atoms with Crippen molar-refractivity contribution in [3.8, 4) is 0 Å². The molecule has 0 saturated carbocycles. The molecule has 0 radical (unpaired) electrons. The van der Waals surface area contributed by atoms with Gasteiger partial charge in [-0.15, -0.1) is 0 Å². The Labute approximate surface area is 118 Å². The molecule has 104 valence electrons. The van der Waals surface area contributed by atoms with Gasteiger partial charge in [0.25, 0.3) is 0 Å². The number of anilines is 1. The second-order valence-corrected chi connectivity index (χ2v) is 5.39. The first kappa shape index (κ1) is 15.4. The minimum Gasteiger partial charge on any atom is -0.480 e. The fourth-order valence-corrected chi connectivity index (χ4v) is 1.52. The number of likely N-dealkylation sites (N-methyl/N-ethyl adjacent to an activating group) is 1. The summed E-state index contributed by atoms with van der Waals surface area (Å²) in [7, 11) is 1.33. The first-order valence-corrected chi connectivity index (χ1v) is 6.19. The summed E-state index contributed by atoms with van der Waals surface area (Å²) in [5.74, 6) is -1.76. The molecule has 0 aromatic heterocycles. The quantitative estimate of drug-likeness (QED) is 0.894. The van der Waals surface area contributed by atoms with Crippen LogP contribution in [0.25, 0.3) is 0 Å². The smallest absolute Gasteiger partial charge is 0.329 e. The van der Waals surface area contributed by atoms with Gasteiger partial charge in [-0.2, -0.15) is 0 Å². The molecule has 0 heterocycles. The van der Waals surface area contributed by atoms with Crippen molar-refractivity contribution >= 4 is 33.6 Å². The topological polar surface area (TPSA) is 69.6 Å². The number of benzene rings is 1. The Hall–Kier alpha value is -1.63. The van der Waals surface area contributed by atoms with Crippen LogP contribution in [0.4, 0.5) is 14.9 Å². The number of amides is 2. The van der Waals surface area contributed by atoms with Crippen LogP contribution in [0.3, 0.4) is 0 Å². The Kier molecular flexibility index (Phi) is 4.52. The first-order valence-electron chi connectivity index (χ1n) is 5.39. The molecule has 1 rings (SSSR count). The summed E-state index contributed by atoms with van der Waals surface area (Å²) < 4.78 is 14.1. The van der Waals surface area contributed by atoms with Crippen molar-refractivity contribution in [2.75, 3.05) is 12.4 Å². The average molecular weight is 333 g/mol. The molecule has 2 amide bonds. The third-order valence-electron chi connectivity index (χ3n) is 2.84. The van der Waals surface area contributed by atoms with E-state index in [9.17, 15) is 14.0 Å². The highest BCUT2D eigenvalue weighted by atomic mass is 79.9. The monoisotopic (exact) mass is 332 g/mol. The van der Waals surface area contributed by atoms with Crippen molar-refractivity contribution < 1.29 is 19.1 Å². The Balaban J connectivity index is 2.88. The minimum atomic E-state index is -1.39. The van der Waals surface area contributed by atoms with Crippen molar-refractivity contribution in [2.24, 2.45) is 0 Å². The van der Waals surface area contributed by atoms with Crippen LogP contribution in [-0.4, -0.2) is 34.6 Å². The van der Waals surface area contributed by atoms with Gasteiger partial charge < -0.3 is 15.3 Å². The summed E-state index contributed by atoms with van der Waals surface area (Å²) in [6.07, 6.45) is 0. The van der Waals surface area contributed by atoms with Crippen LogP contribution in [0.1, 0.15) is 13.8 Å². The lowest BCUT2D eigenvalue weighted by Crippen LogP contribution is -2.52. The predicted octanol–water partition coefficient (Wildman–Crippen LogP) is 2.92. The molecule has 0 fully saturated rings. The normalized spacial score (nSPS) is 11.0. The Bertz CT molecular complexity index is 520. The second-order valence-electron chi connectivity index (χ2n) is 4.48. The van der Waals surface area contributed by atoms with Crippen molar-refractivity contribution in [2.45, 2.75) is 19.4 Å². The van der Waals surface area contributed by atoms with E-state index in [1.807, 2.05) is 0 Å². The maximum absolute atomic E-state index is 13.5. The van der Waals surface area contributed by atoms with E-state index in [1.54, 1.807) is 6.07 Å². The lowest BCUT2D eigenvalue weighted by molar-refractivity contribution is -0.146. The van der Waals surface area contributed by atoms with Gasteiger partial charge >= 0.3 is 12.0 Å². The third kappa shape index (κ3) is 3.44. The van der Waals surface area contributed by atoms with Gasteiger partial charge in [0.05, 0.1) is 5.69 Å². The van der Waals surface area contributed by atoms with Gasteiger partial charge in [0.1, 0.15) is 11.4 Å². The largest absolute Gasteiger partial charge is 0.480 e. The number of hydrogen-bond donors (Lipinski definition) is 2. The van der Waals surface area contributed by atoms with E-state index < -0.39 is 23.4 Å². The summed E-state index contributed by atoms with van der Waals surface area (Å²) in [5, 5.41) is 11.3. The number of carbonyl (C=O) groups is 2. The van der Waals surface area contributed by atoms with Crippen molar-refractivity contribution in [3.63, 3.8) is 0 Å². The predicted molar refractivity (Wildman–Crippen MR) is 72.6 cm³/mol. The molecule has 5 nitrogen and oxygen atoms in total. The van der Waals surface area contributed by atoms with Crippen LogP contribution in [-0.2, 0) is 4.79 Å². The molecule has 1 aromatic rings. The lowest BCUT2D eigenvalue weighted by atomic mass is 10.1. The van der Waals surface area contributed by atoms with Gasteiger partial charge in [0.15, 0.2) is 0 Å². The maximum Gasteiger partial charge on any atom is 0.329 e. The second kappa shape index (κ2) is 5.56. The minimum absolute atomic E-state index is 0.0127. The molecule has 0 bridgehead atoms. The zero-order chi connectivity index (χ0) is 14.8. The highest BCUT2D eigenvalue weighted by Gasteiger charge is 2.35. The van der Waals surface area contributed by atoms with Crippen LogP contribution >= 0.6 is 15.9 Å². The summed E-state index contributed by atoms with van der Waals surface area (Å²) >= 11 is 3.10. The molecule has 0 saturated heterocycles. The number of aliphatic carboxylic acids is 1. The Morgan fingerprint density at radius 2 is 2.00 bits per heavy atom. The van der Waals surface area contributed by atoms with E-state index in [2.05, 4.69) is 21.2 Å². The molecule has 0 unspecified atom stereocenters. The van der Waals surface area contributed by atoms with Crippen LogP contribution in [0.5, 0.6) is 0 Å². The van der Waals surface area contributed by atoms with Crippen molar-refractivity contribution in [3.05, 3.63) is 28.5 Å². The van der Waals surface area contributed by atoms with E-state index in [0.717, 1.165) is 4.90 Å². The molecular formula is C12H14BrFN2O3. The van der Waals surface area contributed by atoms with E-state index in [4.69, 9.17) is 5.11 Å². The fourth-order valence-electron chi connectivity index (χ4n) is 1.19. The number of halogens is 2. The molecule has 2 N–H and O–H groups in total. The lowest BCUT2D eigenvalue weighted by Gasteiger charge is -2.31. The highest BCUT2D eigenvalue weighted by Crippen LogP contribution is 2.21. The molecule has 19 heavy (non-hydrogen) atoms. The van der Waals surface area contributed by atoms with Crippen LogP contribution in [0.15, 0.2) is 22.7 Å². The summed E-state index contributed by atoms with van der Waals surface area (Å²) in [6, 6.07) is 3.46. The zero-order valence-corrected chi connectivity index (χ0v) is 12.3. The molecule has 0 aliphatic heterocycles. The number of hydrogen-bond acceptors (Lipinski definition) is 2. The Morgan fingerprint density at radius 1 is 1.42 bits per heavy atom. The molecular weight excluding hydrogens is 319 g/mol. The number of carboxylic acid groups (broad SMARTS) is 1. The van der Waals surface area contributed by atoms with Gasteiger partial charge in [-0.3, -0.25) is 0 Å². The number of carboxylic acids is 1. The number of carbonyl (C=O) groups excluding carboxylic acids is 1. The standard InChI is InChI=1S/C12H14BrFN2O3/c1-12(2,10(17)18)16(3)11(19)15-9-5-4-7(13)6-8(9)14/h4-6H,1-3H3,(H,15,19)(H,17,18). The molecule has 0 atom stereocenters. The average Bonchev–Trinajstić information content (AvgIpc) is 2.31. The summed E-state index contributed by atoms with van der Waals surface area (Å²) in [5.41, 5.74) is -1.41. The van der Waals surface area contributed by atoms with Gasteiger partial charge in [-0.05, 0) is 32.0 Å². The van der Waals surface area contributed by atoms with E-state index >= 15 is 0 Å². The van der Waals surface area contributed by atoms with Crippen LogP contribution in [0.2, 0.25) is 0 Å². The number of nitrogens with zero attached hydrogens (tertiary/aromatic N) is 1. The van der Waals surface area contributed by atoms with Gasteiger partial charge in [-0.1, -0.05) is 15.9 Å². The highest BCUT2D eigenvalue weighted by molar-refractivity contribution is 9.10. The fraction of sp³-hybridized carbons (Fsp3) is 0.333. The van der Waals surface area contributed by atoms with Gasteiger partial charge in [-0.25, -0.2) is 14.0 Å². The van der Waals surface area contributed by atoms with Crippen LogP contribution < -0.4 is 5.32 Å². The molecule has 0 aliphatic carbocycles. The van der Waals surface area contributed by atoms with Gasteiger partial charge in [0.2, 0.25) is 0 Å². The molecule has 0 aliphatic rings. The SMILES string of the molecule is CN(C(=O)Nc1ccc(Br)cc1F)C(C)(C)C(=O)O. The first-order chi connectivity index (χ1) is 8.66. The summed E-state index contributed by atoms with van der Waals surface area (Å²) in [4.78, 5) is 23.9. The Morgan fingerprint density at radius 3 is 2.47 bits per heavy atom. The van der Waals surface area contributed by atoms with E-state index in [0.29, 0.717) is 4.47 Å². The molecule has 0 spiro atoms. The number of urea groups is 1. The summed E-state index contributed by atoms with van der Waals surface area (Å²) in [6.45, 7) is 2.76. The van der Waals surface area contributed by atoms with Crippen molar-refractivity contribution in [1.82, 2.24) is 4.90 Å². The maximum atomic E-state index is 13.5. The zero-order valence-electron chi connectivity index (χ0n) is 10.7. The van der Waals surface area contributed by atoms with Gasteiger partial charge in [0, 0.05) is 11.5 Å². The van der Waals surface area contributed by atoms with Crippen molar-refractivity contribution in [1.29, 1.82) is 0 Å².